The molecular weight excluding hydrogens is 227 g/mol. The lowest BCUT2D eigenvalue weighted by atomic mass is 9.80. The van der Waals surface area contributed by atoms with Crippen LogP contribution < -0.4 is 10.4 Å². The molecule has 1 aliphatic rings. The van der Waals surface area contributed by atoms with Crippen molar-refractivity contribution in [3.63, 3.8) is 0 Å². The zero-order chi connectivity index (χ0) is 13.3. The molecule has 1 aromatic rings. The Morgan fingerprint density at radius 2 is 1.56 bits per heavy atom. The SMILES string of the molecule is C[C@@H]1CN(c2ccc(B(O)O)cc2)C[C@H](C)N1C. The average molecular weight is 248 g/mol. The van der Waals surface area contributed by atoms with E-state index >= 15 is 0 Å². The Hall–Kier alpha value is -1.04. The smallest absolute Gasteiger partial charge is 0.423 e. The van der Waals surface area contributed by atoms with Gasteiger partial charge in [0.2, 0.25) is 0 Å². The highest BCUT2D eigenvalue weighted by Crippen LogP contribution is 2.20. The molecular formula is C13H21BN2O2. The molecule has 1 saturated heterocycles. The van der Waals surface area contributed by atoms with Crippen molar-refractivity contribution in [3.8, 4) is 0 Å². The number of hydrogen-bond acceptors (Lipinski definition) is 4. The van der Waals surface area contributed by atoms with Gasteiger partial charge in [0, 0.05) is 30.9 Å². The Balaban J connectivity index is 2.12. The van der Waals surface area contributed by atoms with E-state index in [-0.39, 0.29) is 0 Å². The maximum atomic E-state index is 9.08. The lowest BCUT2D eigenvalue weighted by Gasteiger charge is -2.43. The molecule has 2 rings (SSSR count). The summed E-state index contributed by atoms with van der Waals surface area (Å²) in [5.41, 5.74) is 1.68. The van der Waals surface area contributed by atoms with Crippen molar-refractivity contribution in [1.82, 2.24) is 4.90 Å². The van der Waals surface area contributed by atoms with Crippen LogP contribution >= 0.6 is 0 Å². The van der Waals surface area contributed by atoms with Gasteiger partial charge in [0.15, 0.2) is 0 Å². The highest BCUT2D eigenvalue weighted by atomic mass is 16.4. The molecule has 1 aliphatic heterocycles. The number of likely N-dealkylation sites (N-methyl/N-ethyl adjacent to an activating group) is 1. The van der Waals surface area contributed by atoms with E-state index in [9.17, 15) is 0 Å². The van der Waals surface area contributed by atoms with E-state index in [2.05, 4.69) is 30.7 Å². The summed E-state index contributed by atoms with van der Waals surface area (Å²) in [5, 5.41) is 18.2. The number of piperazine rings is 1. The number of hydrogen-bond donors (Lipinski definition) is 2. The largest absolute Gasteiger partial charge is 0.488 e. The van der Waals surface area contributed by atoms with Gasteiger partial charge in [-0.1, -0.05) is 12.1 Å². The molecule has 1 aromatic carbocycles. The molecule has 18 heavy (non-hydrogen) atoms. The van der Waals surface area contributed by atoms with Crippen molar-refractivity contribution in [3.05, 3.63) is 24.3 Å². The van der Waals surface area contributed by atoms with Gasteiger partial charge in [-0.15, -0.1) is 0 Å². The Kier molecular flexibility index (Phi) is 3.95. The van der Waals surface area contributed by atoms with Crippen molar-refractivity contribution in [1.29, 1.82) is 0 Å². The number of benzene rings is 1. The Labute approximate surface area is 109 Å². The van der Waals surface area contributed by atoms with E-state index in [0.717, 1.165) is 18.8 Å². The van der Waals surface area contributed by atoms with Gasteiger partial charge in [-0.25, -0.2) is 0 Å². The third-order valence-corrected chi connectivity index (χ3v) is 3.92. The molecule has 1 fully saturated rings. The molecule has 0 radical (unpaired) electrons. The minimum Gasteiger partial charge on any atom is -0.423 e. The summed E-state index contributed by atoms with van der Waals surface area (Å²) in [6.07, 6.45) is 0. The minimum absolute atomic E-state index is 0.525. The topological polar surface area (TPSA) is 46.9 Å². The van der Waals surface area contributed by atoms with Crippen LogP contribution in [0.4, 0.5) is 5.69 Å². The van der Waals surface area contributed by atoms with Gasteiger partial charge in [-0.3, -0.25) is 4.90 Å². The molecule has 5 heteroatoms. The summed E-state index contributed by atoms with van der Waals surface area (Å²) in [6.45, 7) is 6.47. The van der Waals surface area contributed by atoms with Crippen LogP contribution in [-0.4, -0.2) is 54.3 Å². The first-order chi connectivity index (χ1) is 8.49. The average Bonchev–Trinajstić information content (AvgIpc) is 2.35. The Morgan fingerprint density at radius 1 is 1.06 bits per heavy atom. The van der Waals surface area contributed by atoms with Crippen molar-refractivity contribution in [2.75, 3.05) is 25.0 Å². The second-order valence-electron chi connectivity index (χ2n) is 5.23. The fraction of sp³-hybridized carbons (Fsp3) is 0.538. The quantitative estimate of drug-likeness (QED) is 0.717. The standard InChI is InChI=1S/C13H21BN2O2/c1-10-8-16(9-11(2)15(10)3)13-6-4-12(5-7-13)14(17)18/h4-7,10-11,17-18H,8-9H2,1-3H3/t10-,11+. The maximum Gasteiger partial charge on any atom is 0.488 e. The van der Waals surface area contributed by atoms with Crippen molar-refractivity contribution in [2.45, 2.75) is 25.9 Å². The minimum atomic E-state index is -1.38. The van der Waals surface area contributed by atoms with Crippen molar-refractivity contribution < 1.29 is 10.0 Å². The van der Waals surface area contributed by atoms with E-state index in [0.29, 0.717) is 17.5 Å². The summed E-state index contributed by atoms with van der Waals surface area (Å²) >= 11 is 0. The fourth-order valence-corrected chi connectivity index (χ4v) is 2.47. The molecule has 0 saturated carbocycles. The maximum absolute atomic E-state index is 9.08. The van der Waals surface area contributed by atoms with Crippen LogP contribution in [0.2, 0.25) is 0 Å². The molecule has 0 bridgehead atoms. The highest BCUT2D eigenvalue weighted by Gasteiger charge is 2.26. The molecule has 1 heterocycles. The predicted molar refractivity (Wildman–Crippen MR) is 75.2 cm³/mol. The van der Waals surface area contributed by atoms with Crippen LogP contribution in [0.5, 0.6) is 0 Å². The summed E-state index contributed by atoms with van der Waals surface area (Å²) in [6, 6.07) is 8.51. The Morgan fingerprint density at radius 3 is 2.00 bits per heavy atom. The fourth-order valence-electron chi connectivity index (χ4n) is 2.47. The summed E-state index contributed by atoms with van der Waals surface area (Å²) in [5.74, 6) is 0. The molecule has 4 nitrogen and oxygen atoms in total. The number of anilines is 1. The third-order valence-electron chi connectivity index (χ3n) is 3.92. The zero-order valence-electron chi connectivity index (χ0n) is 11.2. The summed E-state index contributed by atoms with van der Waals surface area (Å²) in [7, 11) is 0.780. The van der Waals surface area contributed by atoms with Crippen molar-refractivity contribution >= 4 is 18.3 Å². The van der Waals surface area contributed by atoms with E-state index in [1.165, 1.54) is 0 Å². The molecule has 98 valence electrons. The lowest BCUT2D eigenvalue weighted by molar-refractivity contribution is 0.170. The summed E-state index contributed by atoms with van der Waals surface area (Å²) in [4.78, 5) is 4.74. The monoisotopic (exact) mass is 248 g/mol. The summed E-state index contributed by atoms with van der Waals surface area (Å²) < 4.78 is 0. The van der Waals surface area contributed by atoms with Gasteiger partial charge < -0.3 is 14.9 Å². The van der Waals surface area contributed by atoms with Crippen molar-refractivity contribution in [2.24, 2.45) is 0 Å². The van der Waals surface area contributed by atoms with Crippen LogP contribution in [0.3, 0.4) is 0 Å². The van der Waals surface area contributed by atoms with Crippen LogP contribution in [0.1, 0.15) is 13.8 Å². The molecule has 0 unspecified atom stereocenters. The van der Waals surface area contributed by atoms with Gasteiger partial charge in [-0.2, -0.15) is 0 Å². The second kappa shape index (κ2) is 5.30. The number of nitrogens with zero attached hydrogens (tertiary/aromatic N) is 2. The van der Waals surface area contributed by atoms with Crippen LogP contribution in [0.15, 0.2) is 24.3 Å². The van der Waals surface area contributed by atoms with Crippen LogP contribution in [0.25, 0.3) is 0 Å². The van der Waals surface area contributed by atoms with Crippen LogP contribution in [0, 0.1) is 0 Å². The van der Waals surface area contributed by atoms with E-state index in [4.69, 9.17) is 10.0 Å². The first kappa shape index (κ1) is 13.4. The first-order valence-corrected chi connectivity index (χ1v) is 6.42. The van der Waals surface area contributed by atoms with E-state index in [1.807, 2.05) is 12.1 Å². The van der Waals surface area contributed by atoms with Gasteiger partial charge in [0.05, 0.1) is 0 Å². The molecule has 0 aliphatic carbocycles. The third kappa shape index (κ3) is 2.69. The zero-order valence-corrected chi connectivity index (χ0v) is 11.2. The second-order valence-corrected chi connectivity index (χ2v) is 5.23. The molecule has 0 aromatic heterocycles. The van der Waals surface area contributed by atoms with Crippen LogP contribution in [-0.2, 0) is 0 Å². The van der Waals surface area contributed by atoms with Gasteiger partial charge in [0.25, 0.3) is 0 Å². The molecule has 0 spiro atoms. The van der Waals surface area contributed by atoms with Gasteiger partial charge in [-0.05, 0) is 38.5 Å². The molecule has 2 N–H and O–H groups in total. The van der Waals surface area contributed by atoms with E-state index < -0.39 is 7.12 Å². The lowest BCUT2D eigenvalue weighted by Crippen LogP contribution is -2.55. The van der Waals surface area contributed by atoms with Gasteiger partial charge in [0.1, 0.15) is 0 Å². The Bertz CT molecular complexity index is 384. The number of rotatable bonds is 2. The highest BCUT2D eigenvalue weighted by molar-refractivity contribution is 6.58. The van der Waals surface area contributed by atoms with Gasteiger partial charge >= 0.3 is 7.12 Å². The first-order valence-electron chi connectivity index (χ1n) is 6.42. The normalized spacial score (nSPS) is 25.3. The molecule has 0 amide bonds. The van der Waals surface area contributed by atoms with E-state index in [1.54, 1.807) is 12.1 Å². The predicted octanol–water partition coefficient (Wildman–Crippen LogP) is -0.105. The molecule has 2 atom stereocenters.